The summed E-state index contributed by atoms with van der Waals surface area (Å²) in [6.07, 6.45) is 0. The molecule has 2 aromatic rings. The molecule has 0 bridgehead atoms. The van der Waals surface area contributed by atoms with Crippen molar-refractivity contribution in [2.24, 2.45) is 5.73 Å². The molecule has 0 saturated heterocycles. The lowest BCUT2D eigenvalue weighted by Crippen LogP contribution is -2.11. The second-order valence-corrected chi connectivity index (χ2v) is 5.62. The quantitative estimate of drug-likeness (QED) is 0.648. The van der Waals surface area contributed by atoms with E-state index in [0.29, 0.717) is 16.9 Å². The molecule has 0 saturated carbocycles. The maximum Gasteiger partial charge on any atom is 0.127 e. The Morgan fingerprint density at radius 2 is 1.85 bits per heavy atom. The van der Waals surface area contributed by atoms with Gasteiger partial charge in [-0.2, -0.15) is 11.8 Å². The van der Waals surface area contributed by atoms with Crippen LogP contribution in [-0.2, 0) is 11.5 Å². The van der Waals surface area contributed by atoms with Crippen molar-refractivity contribution >= 4 is 17.6 Å². The number of rotatable bonds is 5. The number of nitrogen functional groups attached to an aromatic ring is 1. The van der Waals surface area contributed by atoms with Gasteiger partial charge in [0.2, 0.25) is 0 Å². The van der Waals surface area contributed by atoms with Crippen LogP contribution < -0.4 is 5.73 Å². The van der Waals surface area contributed by atoms with E-state index in [9.17, 15) is 4.39 Å². The number of nitrogens with one attached hydrogen (secondary N) is 1. The van der Waals surface area contributed by atoms with Crippen molar-refractivity contribution in [3.8, 4) is 0 Å². The highest BCUT2D eigenvalue weighted by atomic mass is 32.2. The van der Waals surface area contributed by atoms with Gasteiger partial charge in [0.25, 0.3) is 0 Å². The van der Waals surface area contributed by atoms with Crippen LogP contribution >= 0.6 is 11.8 Å². The van der Waals surface area contributed by atoms with E-state index in [-0.39, 0.29) is 11.7 Å². The number of thioether (sulfide) groups is 1. The number of hydrogen-bond acceptors (Lipinski definition) is 2. The molecule has 0 amide bonds. The Labute approximate surface area is 122 Å². The summed E-state index contributed by atoms with van der Waals surface area (Å²) in [7, 11) is 0. The zero-order valence-electron chi connectivity index (χ0n) is 11.3. The van der Waals surface area contributed by atoms with Crippen LogP contribution in [0.1, 0.15) is 22.3 Å². The van der Waals surface area contributed by atoms with Crippen molar-refractivity contribution in [3.63, 3.8) is 0 Å². The molecule has 20 heavy (non-hydrogen) atoms. The summed E-state index contributed by atoms with van der Waals surface area (Å²) in [6.45, 7) is 2.08. The predicted octanol–water partition coefficient (Wildman–Crippen LogP) is 3.85. The Morgan fingerprint density at radius 3 is 2.50 bits per heavy atom. The average molecular weight is 288 g/mol. The normalized spacial score (nSPS) is 10.5. The first-order valence-electron chi connectivity index (χ1n) is 6.33. The molecule has 0 unspecified atom stereocenters. The number of benzene rings is 2. The molecule has 3 N–H and O–H groups in total. The van der Waals surface area contributed by atoms with E-state index in [1.807, 2.05) is 12.1 Å². The number of halogens is 1. The van der Waals surface area contributed by atoms with Gasteiger partial charge in [0, 0.05) is 17.1 Å². The Morgan fingerprint density at radius 1 is 1.15 bits per heavy atom. The van der Waals surface area contributed by atoms with Gasteiger partial charge in [-0.25, -0.2) is 4.39 Å². The molecule has 0 spiro atoms. The molecule has 0 radical (unpaired) electrons. The lowest BCUT2D eigenvalue weighted by atomic mass is 10.1. The van der Waals surface area contributed by atoms with Crippen LogP contribution in [0.4, 0.5) is 4.39 Å². The van der Waals surface area contributed by atoms with Gasteiger partial charge in [-0.3, -0.25) is 5.41 Å². The van der Waals surface area contributed by atoms with Crippen LogP contribution in [0, 0.1) is 18.2 Å². The number of aryl methyl sites for hydroxylation is 1. The van der Waals surface area contributed by atoms with Gasteiger partial charge >= 0.3 is 0 Å². The fourth-order valence-electron chi connectivity index (χ4n) is 1.87. The third kappa shape index (κ3) is 3.61. The van der Waals surface area contributed by atoms with Gasteiger partial charge in [-0.1, -0.05) is 36.4 Å². The van der Waals surface area contributed by atoms with E-state index in [4.69, 9.17) is 11.1 Å². The molecule has 0 heterocycles. The standard InChI is InChI=1S/C16H17FN2S/c1-11-4-2-3-5-13(11)9-20-10-14-7-6-12(16(18)19)8-15(14)17/h2-8H,9-10H2,1H3,(H3,18,19). The Kier molecular flexibility index (Phi) is 4.79. The zero-order valence-corrected chi connectivity index (χ0v) is 12.1. The summed E-state index contributed by atoms with van der Waals surface area (Å²) < 4.78 is 13.8. The van der Waals surface area contributed by atoms with E-state index < -0.39 is 0 Å². The first kappa shape index (κ1) is 14.6. The fraction of sp³-hybridized carbons (Fsp3) is 0.188. The third-order valence-corrected chi connectivity index (χ3v) is 4.17. The average Bonchev–Trinajstić information content (AvgIpc) is 2.42. The van der Waals surface area contributed by atoms with Crippen LogP contribution in [0.2, 0.25) is 0 Å². The van der Waals surface area contributed by atoms with E-state index in [1.165, 1.54) is 17.2 Å². The van der Waals surface area contributed by atoms with Crippen molar-refractivity contribution in [1.82, 2.24) is 0 Å². The highest BCUT2D eigenvalue weighted by molar-refractivity contribution is 7.97. The highest BCUT2D eigenvalue weighted by Gasteiger charge is 2.06. The molecule has 0 aliphatic rings. The summed E-state index contributed by atoms with van der Waals surface area (Å²) in [5, 5.41) is 7.28. The minimum absolute atomic E-state index is 0.108. The zero-order chi connectivity index (χ0) is 14.5. The van der Waals surface area contributed by atoms with Crippen LogP contribution in [-0.4, -0.2) is 5.84 Å². The van der Waals surface area contributed by atoms with E-state index in [0.717, 1.165) is 5.75 Å². The molecule has 0 aliphatic heterocycles. The van der Waals surface area contributed by atoms with Gasteiger partial charge in [-0.15, -0.1) is 0 Å². The second-order valence-electron chi connectivity index (χ2n) is 4.64. The Balaban J connectivity index is 1.98. The molecule has 104 valence electrons. The minimum atomic E-state index is -0.296. The monoisotopic (exact) mass is 288 g/mol. The molecule has 4 heteroatoms. The van der Waals surface area contributed by atoms with Crippen LogP contribution in [0.15, 0.2) is 42.5 Å². The summed E-state index contributed by atoms with van der Waals surface area (Å²) in [5.74, 6) is 1.07. The minimum Gasteiger partial charge on any atom is -0.384 e. The summed E-state index contributed by atoms with van der Waals surface area (Å²) >= 11 is 1.68. The second kappa shape index (κ2) is 6.57. The van der Waals surface area contributed by atoms with Gasteiger partial charge in [0.05, 0.1) is 0 Å². The van der Waals surface area contributed by atoms with E-state index in [1.54, 1.807) is 23.9 Å². The molecule has 2 rings (SSSR count). The van der Waals surface area contributed by atoms with Crippen molar-refractivity contribution in [3.05, 3.63) is 70.5 Å². The number of hydrogen-bond donors (Lipinski definition) is 2. The Hall–Kier alpha value is -1.81. The largest absolute Gasteiger partial charge is 0.384 e. The number of nitrogens with two attached hydrogens (primary N) is 1. The maximum absolute atomic E-state index is 13.8. The van der Waals surface area contributed by atoms with Gasteiger partial charge in [0.15, 0.2) is 0 Å². The summed E-state index contributed by atoms with van der Waals surface area (Å²) in [6, 6.07) is 12.9. The number of amidine groups is 1. The van der Waals surface area contributed by atoms with Crippen LogP contribution in [0.25, 0.3) is 0 Å². The lowest BCUT2D eigenvalue weighted by Gasteiger charge is -2.07. The molecular weight excluding hydrogens is 271 g/mol. The van der Waals surface area contributed by atoms with Crippen LogP contribution in [0.3, 0.4) is 0 Å². The molecule has 0 aromatic heterocycles. The molecular formula is C16H17FN2S. The first-order valence-corrected chi connectivity index (χ1v) is 7.48. The molecule has 2 aromatic carbocycles. The summed E-state index contributed by atoms with van der Waals surface area (Å²) in [5.41, 5.74) is 8.94. The summed E-state index contributed by atoms with van der Waals surface area (Å²) in [4.78, 5) is 0. The molecule has 0 aliphatic carbocycles. The van der Waals surface area contributed by atoms with Crippen LogP contribution in [0.5, 0.6) is 0 Å². The lowest BCUT2D eigenvalue weighted by molar-refractivity contribution is 0.617. The SMILES string of the molecule is Cc1ccccc1CSCc1ccc(C(=N)N)cc1F. The maximum atomic E-state index is 13.8. The smallest absolute Gasteiger partial charge is 0.127 e. The molecule has 2 nitrogen and oxygen atoms in total. The van der Waals surface area contributed by atoms with E-state index in [2.05, 4.69) is 19.1 Å². The van der Waals surface area contributed by atoms with Gasteiger partial charge in [-0.05, 0) is 29.7 Å². The first-order chi connectivity index (χ1) is 9.58. The topological polar surface area (TPSA) is 49.9 Å². The Bertz CT molecular complexity index is 626. The van der Waals surface area contributed by atoms with Gasteiger partial charge < -0.3 is 5.73 Å². The molecule has 0 fully saturated rings. The van der Waals surface area contributed by atoms with Crippen molar-refractivity contribution in [2.75, 3.05) is 0 Å². The van der Waals surface area contributed by atoms with E-state index >= 15 is 0 Å². The van der Waals surface area contributed by atoms with Crippen molar-refractivity contribution in [2.45, 2.75) is 18.4 Å². The molecule has 0 atom stereocenters. The van der Waals surface area contributed by atoms with Gasteiger partial charge in [0.1, 0.15) is 11.7 Å². The highest BCUT2D eigenvalue weighted by Crippen LogP contribution is 2.22. The van der Waals surface area contributed by atoms with Crippen molar-refractivity contribution < 1.29 is 4.39 Å². The predicted molar refractivity (Wildman–Crippen MR) is 83.6 cm³/mol. The fourth-order valence-corrected chi connectivity index (χ4v) is 2.97. The van der Waals surface area contributed by atoms with Crippen molar-refractivity contribution in [1.29, 1.82) is 5.41 Å². The third-order valence-electron chi connectivity index (χ3n) is 3.14.